The van der Waals surface area contributed by atoms with Crippen molar-refractivity contribution in [1.29, 1.82) is 0 Å². The van der Waals surface area contributed by atoms with Crippen LogP contribution in [0.15, 0.2) is 0 Å². The largest absolute Gasteiger partial charge is 0.406 e. The summed E-state index contributed by atoms with van der Waals surface area (Å²) in [6, 6.07) is -5.49. The van der Waals surface area contributed by atoms with Crippen LogP contribution in [-0.2, 0) is 4.79 Å². The first kappa shape index (κ1) is 24.2. The molecule has 3 rings (SSSR count). The maximum atomic E-state index is 13.9. The molecule has 174 valence electrons. The molecule has 2 saturated heterocycles. The molecule has 1 saturated carbocycles. The number of alkyl halides is 8. The van der Waals surface area contributed by atoms with Crippen LogP contribution < -0.4 is 16.1 Å². The monoisotopic (exact) mass is 484 g/mol. The maximum absolute atomic E-state index is 13.9. The highest BCUT2D eigenvalue weighted by molar-refractivity contribution is 6.30. The normalized spacial score (nSPS) is 39.1. The average Bonchev–Trinajstić information content (AvgIpc) is 3.09. The highest BCUT2D eigenvalue weighted by atomic mass is 35.5. The quantitative estimate of drug-likeness (QED) is 0.425. The Morgan fingerprint density at radius 1 is 1.03 bits per heavy atom. The van der Waals surface area contributed by atoms with Gasteiger partial charge in [-0.25, -0.2) is 5.01 Å². The third kappa shape index (κ3) is 5.28. The van der Waals surface area contributed by atoms with E-state index in [1.54, 1.807) is 0 Å². The molecule has 1 amide bonds. The lowest BCUT2D eigenvalue weighted by atomic mass is 9.91. The molecule has 1 aliphatic carbocycles. The molecule has 3 fully saturated rings. The number of carbonyl (C=O) groups is 1. The van der Waals surface area contributed by atoms with Gasteiger partial charge >= 0.3 is 12.4 Å². The average molecular weight is 485 g/mol. The number of amides is 1. The van der Waals surface area contributed by atoms with Crippen molar-refractivity contribution in [2.75, 3.05) is 13.1 Å². The summed E-state index contributed by atoms with van der Waals surface area (Å²) >= 11 is 12.4. The Bertz CT molecular complexity index is 622. The zero-order valence-corrected chi connectivity index (χ0v) is 17.4. The molecular formula is C17H24Cl2F6N4O. The number of halogens is 8. The summed E-state index contributed by atoms with van der Waals surface area (Å²) < 4.78 is 80.5. The molecule has 2 aliphatic heterocycles. The van der Waals surface area contributed by atoms with Crippen LogP contribution in [0.3, 0.4) is 0 Å². The fraction of sp³-hybridized carbons (Fsp3) is 0.941. The molecular weight excluding hydrogens is 461 g/mol. The standard InChI is InChI=1S/C17H24Cl2F6N4O/c18-10-2-1-3-11(13(10)19)29-14(17(23,24)25)9(7-27-29)15(30)28-8-4-5-26-12(6-8)16(20,21)22/h8-14,26-27H,1-7H2,(H,28,30). The smallest absolute Gasteiger partial charge is 0.353 e. The first-order chi connectivity index (χ1) is 13.9. The number of nitrogens with one attached hydrogen (secondary N) is 3. The van der Waals surface area contributed by atoms with Crippen LogP contribution >= 0.6 is 23.2 Å². The Morgan fingerprint density at radius 2 is 1.73 bits per heavy atom. The molecule has 3 aliphatic rings. The van der Waals surface area contributed by atoms with Crippen molar-refractivity contribution in [3.8, 4) is 0 Å². The van der Waals surface area contributed by atoms with Gasteiger partial charge in [0.1, 0.15) is 12.1 Å². The second kappa shape index (κ2) is 9.17. The van der Waals surface area contributed by atoms with Crippen LogP contribution in [0.5, 0.6) is 0 Å². The molecule has 0 bridgehead atoms. The van der Waals surface area contributed by atoms with Gasteiger partial charge in [-0.05, 0) is 32.2 Å². The third-order valence-electron chi connectivity index (χ3n) is 6.04. The number of hydrogen-bond donors (Lipinski definition) is 3. The van der Waals surface area contributed by atoms with Crippen LogP contribution in [-0.4, -0.2) is 71.3 Å². The lowest BCUT2D eigenvalue weighted by Gasteiger charge is -2.41. The minimum Gasteiger partial charge on any atom is -0.353 e. The molecule has 0 aromatic carbocycles. The SMILES string of the molecule is O=C(NC1CCNC(C(F)(F)F)C1)C1CNN(C2CCCC(Cl)C2Cl)C1C(F)(F)F. The fourth-order valence-electron chi connectivity index (χ4n) is 4.53. The number of nitrogens with zero attached hydrogens (tertiary/aromatic N) is 1. The van der Waals surface area contributed by atoms with Crippen LogP contribution in [0.4, 0.5) is 26.3 Å². The number of piperidine rings is 1. The summed E-state index contributed by atoms with van der Waals surface area (Å²) in [4.78, 5) is 12.7. The summed E-state index contributed by atoms with van der Waals surface area (Å²) in [5, 5.41) is 4.50. The Morgan fingerprint density at radius 3 is 2.37 bits per heavy atom. The number of carbonyl (C=O) groups excluding carboxylic acids is 1. The summed E-state index contributed by atoms with van der Waals surface area (Å²) in [5.74, 6) is -2.41. The van der Waals surface area contributed by atoms with Crippen molar-refractivity contribution >= 4 is 29.1 Å². The molecule has 0 aromatic heterocycles. The molecule has 5 nitrogen and oxygen atoms in total. The first-order valence-corrected chi connectivity index (χ1v) is 10.7. The van der Waals surface area contributed by atoms with Crippen molar-refractivity contribution in [3.05, 3.63) is 0 Å². The highest BCUT2D eigenvalue weighted by Crippen LogP contribution is 2.39. The van der Waals surface area contributed by atoms with Gasteiger partial charge < -0.3 is 10.6 Å². The lowest BCUT2D eigenvalue weighted by Crippen LogP contribution is -2.59. The van der Waals surface area contributed by atoms with Crippen LogP contribution in [0.25, 0.3) is 0 Å². The second-order valence-corrected chi connectivity index (χ2v) is 9.16. The van der Waals surface area contributed by atoms with Gasteiger partial charge in [-0.2, -0.15) is 26.3 Å². The molecule has 0 aromatic rings. The summed E-state index contributed by atoms with van der Waals surface area (Å²) in [6.45, 7) is -0.267. The van der Waals surface area contributed by atoms with E-state index in [1.165, 1.54) is 0 Å². The van der Waals surface area contributed by atoms with Crippen LogP contribution in [0.2, 0.25) is 0 Å². The molecule has 2 heterocycles. The molecule has 13 heteroatoms. The van der Waals surface area contributed by atoms with E-state index in [9.17, 15) is 31.1 Å². The Hall–Kier alpha value is -0.490. The fourth-order valence-corrected chi connectivity index (χ4v) is 5.23. The van der Waals surface area contributed by atoms with Gasteiger partial charge in [0, 0.05) is 18.6 Å². The van der Waals surface area contributed by atoms with Crippen molar-refractivity contribution in [1.82, 2.24) is 21.1 Å². The van der Waals surface area contributed by atoms with Gasteiger partial charge in [-0.3, -0.25) is 10.2 Å². The minimum atomic E-state index is -4.73. The molecule has 0 spiro atoms. The van der Waals surface area contributed by atoms with Crippen molar-refractivity contribution in [2.24, 2.45) is 5.92 Å². The minimum absolute atomic E-state index is 0.0139. The van der Waals surface area contributed by atoms with Gasteiger partial charge in [-0.15, -0.1) is 23.2 Å². The second-order valence-electron chi connectivity index (χ2n) is 8.10. The first-order valence-electron chi connectivity index (χ1n) is 9.86. The zero-order chi connectivity index (χ0) is 22.3. The maximum Gasteiger partial charge on any atom is 0.406 e. The van der Waals surface area contributed by atoms with E-state index in [1.807, 2.05) is 0 Å². The van der Waals surface area contributed by atoms with Gasteiger partial charge in [-0.1, -0.05) is 6.42 Å². The van der Waals surface area contributed by atoms with E-state index in [0.29, 0.717) is 19.3 Å². The Kier molecular flexibility index (Phi) is 7.38. The predicted octanol–water partition coefficient (Wildman–Crippen LogP) is 2.92. The summed E-state index contributed by atoms with van der Waals surface area (Å²) in [6.07, 6.45) is -7.84. The van der Waals surface area contributed by atoms with E-state index >= 15 is 0 Å². The highest BCUT2D eigenvalue weighted by Gasteiger charge is 2.57. The number of hydrazine groups is 1. The van der Waals surface area contributed by atoms with Gasteiger partial charge in [0.05, 0.1) is 16.7 Å². The molecule has 30 heavy (non-hydrogen) atoms. The third-order valence-corrected chi connectivity index (χ3v) is 7.26. The Balaban J connectivity index is 1.70. The molecule has 7 unspecified atom stereocenters. The van der Waals surface area contributed by atoms with Crippen molar-refractivity contribution < 1.29 is 31.1 Å². The van der Waals surface area contributed by atoms with E-state index in [4.69, 9.17) is 23.2 Å². The predicted molar refractivity (Wildman–Crippen MR) is 99.1 cm³/mol. The Labute approximate surface area is 180 Å². The zero-order valence-electron chi connectivity index (χ0n) is 15.9. The summed E-state index contributed by atoms with van der Waals surface area (Å²) in [5.41, 5.74) is 2.65. The van der Waals surface area contributed by atoms with Gasteiger partial charge in [0.15, 0.2) is 0 Å². The topological polar surface area (TPSA) is 56.4 Å². The molecule has 3 N–H and O–H groups in total. The van der Waals surface area contributed by atoms with Crippen molar-refractivity contribution in [2.45, 2.75) is 79.4 Å². The summed E-state index contributed by atoms with van der Waals surface area (Å²) in [7, 11) is 0. The van der Waals surface area contributed by atoms with Gasteiger partial charge in [0.25, 0.3) is 0 Å². The number of hydrogen-bond acceptors (Lipinski definition) is 4. The van der Waals surface area contributed by atoms with E-state index in [2.05, 4.69) is 16.1 Å². The van der Waals surface area contributed by atoms with Gasteiger partial charge in [0.2, 0.25) is 5.91 Å². The van der Waals surface area contributed by atoms with Crippen LogP contribution in [0, 0.1) is 5.92 Å². The number of rotatable bonds is 3. The van der Waals surface area contributed by atoms with E-state index < -0.39 is 65.5 Å². The van der Waals surface area contributed by atoms with E-state index in [-0.39, 0.29) is 19.5 Å². The molecule has 0 radical (unpaired) electrons. The lowest BCUT2D eigenvalue weighted by molar-refractivity contribution is -0.198. The van der Waals surface area contributed by atoms with Crippen molar-refractivity contribution in [3.63, 3.8) is 0 Å². The van der Waals surface area contributed by atoms with E-state index in [0.717, 1.165) is 5.01 Å². The van der Waals surface area contributed by atoms with Crippen LogP contribution in [0.1, 0.15) is 32.1 Å². The molecule has 7 atom stereocenters.